The molecule has 37 heavy (non-hydrogen) atoms. The minimum absolute atomic E-state index is 0.0806. The molecule has 7 unspecified atom stereocenters. The molecule has 0 radical (unpaired) electrons. The monoisotopic (exact) mass is 524 g/mol. The number of allylic oxidation sites excluding steroid dienone is 1. The molecule has 0 amide bonds. The molecule has 9 nitrogen and oxygen atoms in total. The van der Waals surface area contributed by atoms with Crippen molar-refractivity contribution in [3.05, 3.63) is 42.5 Å². The highest BCUT2D eigenvalue weighted by atomic mass is 16.7. The van der Waals surface area contributed by atoms with Crippen molar-refractivity contribution in [1.82, 2.24) is 0 Å². The molecule has 2 aliphatic rings. The molecule has 0 spiro atoms. The predicted molar refractivity (Wildman–Crippen MR) is 137 cm³/mol. The van der Waals surface area contributed by atoms with Crippen LogP contribution in [0, 0.1) is 5.92 Å². The van der Waals surface area contributed by atoms with Gasteiger partial charge in [0.25, 0.3) is 0 Å². The van der Waals surface area contributed by atoms with Gasteiger partial charge in [-0.05, 0) is 75.0 Å². The third-order valence-corrected chi connectivity index (χ3v) is 7.96. The molecule has 7 atom stereocenters. The van der Waals surface area contributed by atoms with Crippen molar-refractivity contribution in [1.29, 1.82) is 0 Å². The Balaban J connectivity index is 1.92. The molecule has 1 aromatic rings. The molecule has 1 aliphatic heterocycles. The summed E-state index contributed by atoms with van der Waals surface area (Å²) in [6.45, 7) is 3.49. The van der Waals surface area contributed by atoms with Crippen LogP contribution in [-0.2, 0) is 11.2 Å². The summed E-state index contributed by atoms with van der Waals surface area (Å²) in [5.74, 6) is -0.135. The van der Waals surface area contributed by atoms with E-state index in [1.54, 1.807) is 18.2 Å². The van der Waals surface area contributed by atoms with Gasteiger partial charge in [0, 0.05) is 13.2 Å². The standard InChI is InChI=1S/C28H44O9/c1-2-7-19-10-12-21(13-11-19)36-26-28(35,18-20(8-5-16-29)27(34)14-3-4-15-27)25(33)23(32)24(37-26)22(31)9-6-17-30/h2,10-13,20,22-26,29-35H,1,3-9,14-18H2. The molecule has 1 heterocycles. The maximum atomic E-state index is 11.9. The van der Waals surface area contributed by atoms with Crippen LogP contribution >= 0.6 is 0 Å². The highest BCUT2D eigenvalue weighted by Gasteiger charge is 2.59. The summed E-state index contributed by atoms with van der Waals surface area (Å²) in [6.07, 6.45) is -1.09. The van der Waals surface area contributed by atoms with Crippen molar-refractivity contribution >= 4 is 0 Å². The molecular formula is C28H44O9. The van der Waals surface area contributed by atoms with Gasteiger partial charge < -0.3 is 45.2 Å². The van der Waals surface area contributed by atoms with Gasteiger partial charge in [-0.15, -0.1) is 6.58 Å². The van der Waals surface area contributed by atoms with Gasteiger partial charge in [0.1, 0.15) is 24.1 Å². The maximum absolute atomic E-state index is 11.9. The highest BCUT2D eigenvalue weighted by molar-refractivity contribution is 5.29. The molecule has 1 saturated carbocycles. The van der Waals surface area contributed by atoms with Gasteiger partial charge in [-0.25, -0.2) is 0 Å². The summed E-state index contributed by atoms with van der Waals surface area (Å²) in [4.78, 5) is 0. The van der Waals surface area contributed by atoms with Gasteiger partial charge in [0.05, 0.1) is 11.7 Å². The van der Waals surface area contributed by atoms with Crippen LogP contribution in [0.3, 0.4) is 0 Å². The Labute approximate surface area is 219 Å². The van der Waals surface area contributed by atoms with Gasteiger partial charge in [0.2, 0.25) is 6.29 Å². The lowest BCUT2D eigenvalue weighted by molar-refractivity contribution is -0.335. The van der Waals surface area contributed by atoms with Gasteiger partial charge in [-0.2, -0.15) is 0 Å². The molecule has 0 bridgehead atoms. The first kappa shape index (κ1) is 30.0. The Kier molecular flexibility index (Phi) is 10.9. The molecule has 210 valence electrons. The summed E-state index contributed by atoms with van der Waals surface area (Å²) in [6, 6.07) is 7.07. The number of hydrogen-bond acceptors (Lipinski definition) is 9. The predicted octanol–water partition coefficient (Wildman–Crippen LogP) is 1.19. The van der Waals surface area contributed by atoms with Gasteiger partial charge in [-0.3, -0.25) is 0 Å². The lowest BCUT2D eigenvalue weighted by atomic mass is 9.71. The van der Waals surface area contributed by atoms with E-state index in [4.69, 9.17) is 14.6 Å². The van der Waals surface area contributed by atoms with Gasteiger partial charge >= 0.3 is 0 Å². The topological polar surface area (TPSA) is 160 Å². The normalized spacial score (nSPS) is 31.1. The van der Waals surface area contributed by atoms with Crippen LogP contribution in [0.2, 0.25) is 0 Å². The summed E-state index contributed by atoms with van der Waals surface area (Å²) >= 11 is 0. The minimum atomic E-state index is -2.12. The molecule has 9 heteroatoms. The average Bonchev–Trinajstić information content (AvgIpc) is 3.34. The Hall–Kier alpha value is -1.56. The molecular weight excluding hydrogens is 480 g/mol. The first-order valence-corrected chi connectivity index (χ1v) is 13.4. The van der Waals surface area contributed by atoms with Crippen LogP contribution in [0.15, 0.2) is 36.9 Å². The van der Waals surface area contributed by atoms with Gasteiger partial charge in [0.15, 0.2) is 5.60 Å². The Bertz CT molecular complexity index is 825. The number of rotatable bonds is 14. The number of hydrogen-bond donors (Lipinski definition) is 7. The van der Waals surface area contributed by atoms with E-state index in [0.29, 0.717) is 37.9 Å². The lowest BCUT2D eigenvalue weighted by Gasteiger charge is -2.51. The van der Waals surface area contributed by atoms with E-state index in [9.17, 15) is 30.6 Å². The van der Waals surface area contributed by atoms with E-state index in [-0.39, 0.29) is 32.5 Å². The molecule has 1 saturated heterocycles. The maximum Gasteiger partial charge on any atom is 0.232 e. The van der Waals surface area contributed by atoms with Gasteiger partial charge in [-0.1, -0.05) is 31.1 Å². The lowest BCUT2D eigenvalue weighted by Crippen LogP contribution is -2.70. The van der Waals surface area contributed by atoms with Crippen LogP contribution in [0.4, 0.5) is 0 Å². The summed E-state index contributed by atoms with van der Waals surface area (Å²) < 4.78 is 12.0. The van der Waals surface area contributed by atoms with E-state index in [1.807, 2.05) is 12.1 Å². The molecule has 1 aliphatic carbocycles. The van der Waals surface area contributed by atoms with Crippen molar-refractivity contribution in [3.8, 4) is 5.75 Å². The second-order valence-electron chi connectivity index (χ2n) is 10.6. The zero-order valence-electron chi connectivity index (χ0n) is 21.5. The Morgan fingerprint density at radius 2 is 1.65 bits per heavy atom. The van der Waals surface area contributed by atoms with E-state index in [2.05, 4.69) is 6.58 Å². The molecule has 3 rings (SSSR count). The van der Waals surface area contributed by atoms with Crippen molar-refractivity contribution in [3.63, 3.8) is 0 Å². The Morgan fingerprint density at radius 3 is 2.24 bits per heavy atom. The number of benzene rings is 1. The van der Waals surface area contributed by atoms with Crippen LogP contribution in [0.1, 0.15) is 63.4 Å². The summed E-state index contributed by atoms with van der Waals surface area (Å²) in [7, 11) is 0. The SMILES string of the molecule is C=CCc1ccc(OC2OC(C(O)CCCO)C(O)C(O)C2(O)CC(CCCO)C2(O)CCCC2)cc1. The van der Waals surface area contributed by atoms with Crippen molar-refractivity contribution < 1.29 is 45.2 Å². The third kappa shape index (κ3) is 7.10. The van der Waals surface area contributed by atoms with E-state index in [1.165, 1.54) is 0 Å². The molecule has 7 N–H and O–H groups in total. The fourth-order valence-corrected chi connectivity index (χ4v) is 5.77. The van der Waals surface area contributed by atoms with Crippen molar-refractivity contribution in [2.24, 2.45) is 5.92 Å². The quantitative estimate of drug-likeness (QED) is 0.177. The summed E-state index contributed by atoms with van der Waals surface area (Å²) in [5, 5.41) is 74.7. The zero-order valence-corrected chi connectivity index (χ0v) is 21.5. The Morgan fingerprint density at radius 1 is 1.03 bits per heavy atom. The fourth-order valence-electron chi connectivity index (χ4n) is 5.77. The second kappa shape index (κ2) is 13.5. The largest absolute Gasteiger partial charge is 0.462 e. The minimum Gasteiger partial charge on any atom is -0.462 e. The molecule has 0 aromatic heterocycles. The van der Waals surface area contributed by atoms with E-state index in [0.717, 1.165) is 18.4 Å². The average molecular weight is 525 g/mol. The van der Waals surface area contributed by atoms with E-state index < -0.39 is 47.8 Å². The number of ether oxygens (including phenoxy) is 2. The first-order chi connectivity index (χ1) is 17.7. The van der Waals surface area contributed by atoms with Crippen molar-refractivity contribution in [2.45, 2.75) is 106 Å². The number of aliphatic hydroxyl groups excluding tert-OH is 5. The summed E-state index contributed by atoms with van der Waals surface area (Å²) in [5.41, 5.74) is -2.20. The fraction of sp³-hybridized carbons (Fsp3) is 0.714. The van der Waals surface area contributed by atoms with Crippen LogP contribution < -0.4 is 4.74 Å². The van der Waals surface area contributed by atoms with E-state index >= 15 is 0 Å². The van der Waals surface area contributed by atoms with Crippen LogP contribution in [0.25, 0.3) is 0 Å². The highest BCUT2D eigenvalue weighted by Crippen LogP contribution is 2.45. The van der Waals surface area contributed by atoms with Crippen LogP contribution in [0.5, 0.6) is 5.75 Å². The third-order valence-electron chi connectivity index (χ3n) is 7.96. The molecule has 1 aromatic carbocycles. The molecule has 2 fully saturated rings. The zero-order chi connectivity index (χ0) is 27.1. The number of aliphatic hydroxyl groups is 7. The first-order valence-electron chi connectivity index (χ1n) is 13.4. The van der Waals surface area contributed by atoms with Crippen molar-refractivity contribution in [2.75, 3.05) is 13.2 Å². The second-order valence-corrected chi connectivity index (χ2v) is 10.6. The van der Waals surface area contributed by atoms with Crippen LogP contribution in [-0.4, -0.2) is 90.9 Å². The smallest absolute Gasteiger partial charge is 0.232 e.